The minimum absolute atomic E-state index is 0.0555. The molecule has 30 heavy (non-hydrogen) atoms. The van der Waals surface area contributed by atoms with Gasteiger partial charge in [0.15, 0.2) is 4.80 Å². The lowest BCUT2D eigenvalue weighted by Crippen LogP contribution is -2.28. The number of halogens is 1. The molecular formula is C21H20FN3O3S2. The molecule has 1 aliphatic carbocycles. The fourth-order valence-electron chi connectivity index (χ4n) is 3.19. The van der Waals surface area contributed by atoms with Gasteiger partial charge in [0, 0.05) is 25.2 Å². The van der Waals surface area contributed by atoms with Crippen molar-refractivity contribution in [1.82, 2.24) is 8.87 Å². The van der Waals surface area contributed by atoms with E-state index in [-0.39, 0.29) is 16.5 Å². The van der Waals surface area contributed by atoms with Gasteiger partial charge in [0.1, 0.15) is 5.82 Å². The molecule has 0 bridgehead atoms. The first kappa shape index (κ1) is 20.6. The largest absolute Gasteiger partial charge is 0.310 e. The molecule has 0 saturated heterocycles. The van der Waals surface area contributed by atoms with Crippen molar-refractivity contribution in [3.05, 3.63) is 71.3 Å². The highest BCUT2D eigenvalue weighted by molar-refractivity contribution is 7.89. The summed E-state index contributed by atoms with van der Waals surface area (Å²) >= 11 is 1.21. The first-order valence-corrected chi connectivity index (χ1v) is 11.6. The summed E-state index contributed by atoms with van der Waals surface area (Å²) in [4.78, 5) is 17.3. The summed E-state index contributed by atoms with van der Waals surface area (Å²) in [5.41, 5.74) is 0.629. The molecule has 3 aromatic rings. The van der Waals surface area contributed by atoms with E-state index in [1.54, 1.807) is 29.8 Å². The van der Waals surface area contributed by atoms with E-state index < -0.39 is 21.7 Å². The predicted molar refractivity (Wildman–Crippen MR) is 114 cm³/mol. The Morgan fingerprint density at radius 2 is 2.00 bits per heavy atom. The first-order valence-electron chi connectivity index (χ1n) is 9.39. The van der Waals surface area contributed by atoms with Crippen LogP contribution in [0, 0.1) is 5.82 Å². The van der Waals surface area contributed by atoms with Gasteiger partial charge in [-0.1, -0.05) is 23.5 Å². The number of para-hydroxylation sites is 1. The van der Waals surface area contributed by atoms with Crippen molar-refractivity contribution >= 4 is 37.5 Å². The third-order valence-electron chi connectivity index (χ3n) is 5.00. The summed E-state index contributed by atoms with van der Waals surface area (Å²) in [5, 5.41) is 0. The number of fused-ring (bicyclic) bond motifs is 1. The first-order chi connectivity index (χ1) is 14.3. The van der Waals surface area contributed by atoms with Crippen molar-refractivity contribution in [2.45, 2.75) is 30.3 Å². The number of amides is 1. The van der Waals surface area contributed by atoms with Crippen molar-refractivity contribution in [1.29, 1.82) is 0 Å². The second-order valence-electron chi connectivity index (χ2n) is 7.06. The van der Waals surface area contributed by atoms with Gasteiger partial charge in [0.2, 0.25) is 10.0 Å². The average Bonchev–Trinajstić information content (AvgIpc) is 3.51. The van der Waals surface area contributed by atoms with E-state index in [4.69, 9.17) is 0 Å². The number of rotatable bonds is 6. The SMILES string of the molecule is C=CCn1c(=NC(=O)c2ccc(S(=O)(=O)N(C)C3CC3)cc2)sc2cccc(F)c21. The molecule has 1 saturated carbocycles. The van der Waals surface area contributed by atoms with Crippen LogP contribution in [0.4, 0.5) is 4.39 Å². The van der Waals surface area contributed by atoms with Crippen molar-refractivity contribution in [3.8, 4) is 0 Å². The van der Waals surface area contributed by atoms with Gasteiger partial charge in [0.05, 0.1) is 15.1 Å². The molecule has 0 atom stereocenters. The summed E-state index contributed by atoms with van der Waals surface area (Å²) in [6.45, 7) is 3.99. The van der Waals surface area contributed by atoms with Gasteiger partial charge < -0.3 is 4.57 Å². The van der Waals surface area contributed by atoms with Gasteiger partial charge in [-0.3, -0.25) is 4.79 Å². The van der Waals surface area contributed by atoms with Crippen LogP contribution in [-0.2, 0) is 16.6 Å². The number of allylic oxidation sites excluding steroid dienone is 1. The number of sulfonamides is 1. The fourth-order valence-corrected chi connectivity index (χ4v) is 5.66. The molecule has 0 radical (unpaired) electrons. The van der Waals surface area contributed by atoms with Crippen molar-refractivity contribution in [2.24, 2.45) is 4.99 Å². The van der Waals surface area contributed by atoms with Gasteiger partial charge in [-0.2, -0.15) is 9.30 Å². The number of hydrogen-bond acceptors (Lipinski definition) is 4. The van der Waals surface area contributed by atoms with Gasteiger partial charge in [-0.25, -0.2) is 12.8 Å². The molecule has 9 heteroatoms. The number of carbonyl (C=O) groups is 1. The van der Waals surface area contributed by atoms with Gasteiger partial charge in [0.25, 0.3) is 5.91 Å². The maximum Gasteiger partial charge on any atom is 0.279 e. The van der Waals surface area contributed by atoms with Crippen LogP contribution in [0.1, 0.15) is 23.2 Å². The number of nitrogens with zero attached hydrogens (tertiary/aromatic N) is 3. The van der Waals surface area contributed by atoms with Crippen LogP contribution in [0.5, 0.6) is 0 Å². The second-order valence-corrected chi connectivity index (χ2v) is 10.1. The molecule has 156 valence electrons. The Balaban J connectivity index is 1.69. The Kier molecular flexibility index (Phi) is 5.44. The molecule has 0 spiro atoms. The Bertz CT molecular complexity index is 1300. The van der Waals surface area contributed by atoms with Crippen molar-refractivity contribution in [2.75, 3.05) is 7.05 Å². The van der Waals surface area contributed by atoms with Gasteiger partial charge >= 0.3 is 0 Å². The predicted octanol–water partition coefficient (Wildman–Crippen LogP) is 3.55. The summed E-state index contributed by atoms with van der Waals surface area (Å²) in [6.07, 6.45) is 3.34. The van der Waals surface area contributed by atoms with Crippen LogP contribution in [0.3, 0.4) is 0 Å². The number of thiazole rings is 1. The lowest BCUT2D eigenvalue weighted by atomic mass is 10.2. The molecular weight excluding hydrogens is 425 g/mol. The second kappa shape index (κ2) is 7.90. The van der Waals surface area contributed by atoms with Crippen LogP contribution in [-0.4, -0.2) is 36.3 Å². The minimum atomic E-state index is -3.58. The van der Waals surface area contributed by atoms with Crippen LogP contribution in [0.2, 0.25) is 0 Å². The molecule has 2 aromatic carbocycles. The quantitative estimate of drug-likeness (QED) is 0.545. The molecule has 1 heterocycles. The number of benzene rings is 2. The molecule has 0 unspecified atom stereocenters. The zero-order valence-electron chi connectivity index (χ0n) is 16.3. The van der Waals surface area contributed by atoms with E-state index in [0.29, 0.717) is 21.6 Å². The highest BCUT2D eigenvalue weighted by Gasteiger charge is 2.35. The van der Waals surface area contributed by atoms with Crippen LogP contribution in [0.15, 0.2) is 65.0 Å². The summed E-state index contributed by atoms with van der Waals surface area (Å²) < 4.78 is 43.1. The maximum absolute atomic E-state index is 14.3. The molecule has 0 N–H and O–H groups in total. The molecule has 6 nitrogen and oxygen atoms in total. The summed E-state index contributed by atoms with van der Waals surface area (Å²) in [7, 11) is -2.01. The summed E-state index contributed by atoms with van der Waals surface area (Å²) in [6, 6.07) is 10.5. The molecule has 0 aliphatic heterocycles. The monoisotopic (exact) mass is 445 g/mol. The molecule has 1 aromatic heterocycles. The van der Waals surface area contributed by atoms with E-state index in [0.717, 1.165) is 12.8 Å². The molecule has 1 fully saturated rings. The summed E-state index contributed by atoms with van der Waals surface area (Å²) in [5.74, 6) is -0.923. The highest BCUT2D eigenvalue weighted by Crippen LogP contribution is 2.30. The van der Waals surface area contributed by atoms with Crippen LogP contribution < -0.4 is 4.80 Å². The number of hydrogen-bond donors (Lipinski definition) is 0. The van der Waals surface area contributed by atoms with Crippen LogP contribution in [0.25, 0.3) is 10.2 Å². The standard InChI is InChI=1S/C21H20FN3O3S2/c1-3-13-25-19-17(22)5-4-6-18(19)29-21(25)23-20(26)14-7-11-16(12-8-14)30(27,28)24(2)15-9-10-15/h3-8,11-12,15H,1,9-10,13H2,2H3. The molecule has 4 rings (SSSR count). The topological polar surface area (TPSA) is 71.7 Å². The zero-order chi connectivity index (χ0) is 21.5. The van der Waals surface area contributed by atoms with E-state index in [1.807, 2.05) is 0 Å². The van der Waals surface area contributed by atoms with Crippen molar-refractivity contribution < 1.29 is 17.6 Å². The highest BCUT2D eigenvalue weighted by atomic mass is 32.2. The van der Waals surface area contributed by atoms with Crippen LogP contribution >= 0.6 is 11.3 Å². The van der Waals surface area contributed by atoms with E-state index in [2.05, 4.69) is 11.6 Å². The fraction of sp³-hybridized carbons (Fsp3) is 0.238. The smallest absolute Gasteiger partial charge is 0.279 e. The lowest BCUT2D eigenvalue weighted by molar-refractivity contribution is 0.0997. The third kappa shape index (κ3) is 3.76. The van der Waals surface area contributed by atoms with Gasteiger partial charge in [-0.05, 0) is 49.2 Å². The molecule has 1 amide bonds. The Morgan fingerprint density at radius 1 is 1.30 bits per heavy atom. The van der Waals surface area contributed by atoms with E-state index in [9.17, 15) is 17.6 Å². The average molecular weight is 446 g/mol. The zero-order valence-corrected chi connectivity index (χ0v) is 17.9. The number of carbonyl (C=O) groups excluding carboxylic acids is 1. The van der Waals surface area contributed by atoms with E-state index >= 15 is 0 Å². The normalized spacial score (nSPS) is 15.1. The van der Waals surface area contributed by atoms with Crippen molar-refractivity contribution in [3.63, 3.8) is 0 Å². The van der Waals surface area contributed by atoms with Gasteiger partial charge in [-0.15, -0.1) is 6.58 Å². The minimum Gasteiger partial charge on any atom is -0.310 e. The number of aromatic nitrogens is 1. The lowest BCUT2D eigenvalue weighted by Gasteiger charge is -2.16. The maximum atomic E-state index is 14.3. The van der Waals surface area contributed by atoms with E-state index in [1.165, 1.54) is 46.0 Å². The molecule has 1 aliphatic rings. The third-order valence-corrected chi connectivity index (χ3v) is 7.97. The Morgan fingerprint density at radius 3 is 2.63 bits per heavy atom. The Labute approximate surface area is 177 Å². The Hall–Kier alpha value is -2.62.